The number of pyridine rings is 1. The van der Waals surface area contributed by atoms with E-state index in [1.165, 1.54) is 18.4 Å². The second-order valence-corrected chi connectivity index (χ2v) is 8.34. The fourth-order valence-electron chi connectivity index (χ4n) is 2.80. The maximum Gasteiger partial charge on any atom is 0.214 e. The second-order valence-electron chi connectivity index (χ2n) is 7.38. The number of hydrogen-bond donors (Lipinski definition) is 1. The van der Waals surface area contributed by atoms with Crippen LogP contribution in [0.2, 0.25) is 0 Å². The third-order valence-electron chi connectivity index (χ3n) is 4.54. The Morgan fingerprint density at radius 1 is 1.26 bits per heavy atom. The quantitative estimate of drug-likeness (QED) is 0.795. The highest BCUT2D eigenvalue weighted by atomic mass is 32.1. The summed E-state index contributed by atoms with van der Waals surface area (Å²) in [4.78, 5) is 9.76. The molecule has 23 heavy (non-hydrogen) atoms. The summed E-state index contributed by atoms with van der Waals surface area (Å²) in [5.41, 5.74) is 2.77. The molecular formula is C17H21N5S. The summed E-state index contributed by atoms with van der Waals surface area (Å²) in [6.07, 6.45) is 8.23. The first-order chi connectivity index (χ1) is 11.0. The van der Waals surface area contributed by atoms with Crippen molar-refractivity contribution < 1.29 is 0 Å². The summed E-state index contributed by atoms with van der Waals surface area (Å²) >= 11 is 1.62. The lowest BCUT2D eigenvalue weighted by Crippen LogP contribution is -2.19. The maximum absolute atomic E-state index is 4.69. The van der Waals surface area contributed by atoms with Crippen LogP contribution in [0.1, 0.15) is 44.9 Å². The average Bonchev–Trinajstić information content (AvgIpc) is 3.04. The zero-order chi connectivity index (χ0) is 16.1. The molecule has 1 fully saturated rings. The lowest BCUT2D eigenvalue weighted by atomic mass is 9.93. The Hall–Kier alpha value is -1.95. The van der Waals surface area contributed by atoms with Gasteiger partial charge in [-0.05, 0) is 30.5 Å². The molecule has 0 aromatic carbocycles. The maximum atomic E-state index is 4.69. The van der Waals surface area contributed by atoms with Crippen LogP contribution in [0.4, 0.5) is 5.13 Å². The highest BCUT2D eigenvalue weighted by Crippen LogP contribution is 2.48. The van der Waals surface area contributed by atoms with Gasteiger partial charge in [-0.15, -0.1) is 5.10 Å². The second kappa shape index (κ2) is 5.03. The van der Waals surface area contributed by atoms with E-state index in [4.69, 9.17) is 4.98 Å². The zero-order valence-electron chi connectivity index (χ0n) is 13.7. The molecule has 0 radical (unpaired) electrons. The van der Waals surface area contributed by atoms with E-state index in [1.807, 2.05) is 23.1 Å². The van der Waals surface area contributed by atoms with Gasteiger partial charge in [-0.25, -0.2) is 9.50 Å². The van der Waals surface area contributed by atoms with Crippen molar-refractivity contribution in [2.24, 2.45) is 0 Å². The molecule has 0 spiro atoms. The van der Waals surface area contributed by atoms with Crippen molar-refractivity contribution in [3.8, 4) is 0 Å². The molecule has 120 valence electrons. The molecule has 0 saturated heterocycles. The molecule has 1 saturated carbocycles. The van der Waals surface area contributed by atoms with Crippen molar-refractivity contribution in [1.29, 1.82) is 0 Å². The van der Waals surface area contributed by atoms with E-state index >= 15 is 0 Å². The topological polar surface area (TPSA) is 55.1 Å². The molecule has 0 bridgehead atoms. The molecule has 5 nitrogen and oxygen atoms in total. The van der Waals surface area contributed by atoms with Gasteiger partial charge >= 0.3 is 0 Å². The first kappa shape index (κ1) is 14.6. The molecule has 1 aliphatic carbocycles. The third-order valence-corrected chi connectivity index (χ3v) is 5.42. The normalized spacial score (nSPS) is 16.7. The molecule has 6 heteroatoms. The van der Waals surface area contributed by atoms with Crippen molar-refractivity contribution in [3.05, 3.63) is 42.0 Å². The van der Waals surface area contributed by atoms with Crippen LogP contribution in [0.3, 0.4) is 0 Å². The fraction of sp³-hybridized carbons (Fsp3) is 0.471. The van der Waals surface area contributed by atoms with Gasteiger partial charge in [-0.2, -0.15) is 0 Å². The fourth-order valence-corrected chi connectivity index (χ4v) is 3.58. The highest BCUT2D eigenvalue weighted by molar-refractivity contribution is 7.20. The number of aromatic nitrogens is 4. The molecule has 0 aliphatic heterocycles. The summed E-state index contributed by atoms with van der Waals surface area (Å²) in [5.74, 6) is 0. The van der Waals surface area contributed by atoms with E-state index in [-0.39, 0.29) is 10.8 Å². The number of rotatable bonds is 4. The highest BCUT2D eigenvalue weighted by Gasteiger charge is 2.44. The Morgan fingerprint density at radius 3 is 2.61 bits per heavy atom. The van der Waals surface area contributed by atoms with Gasteiger partial charge in [-0.1, -0.05) is 32.1 Å². The number of fused-ring (bicyclic) bond motifs is 1. The van der Waals surface area contributed by atoms with Crippen molar-refractivity contribution in [2.45, 2.75) is 44.4 Å². The van der Waals surface area contributed by atoms with Crippen LogP contribution in [-0.2, 0) is 10.8 Å². The molecule has 0 unspecified atom stereocenters. The van der Waals surface area contributed by atoms with E-state index in [0.29, 0.717) is 0 Å². The van der Waals surface area contributed by atoms with Gasteiger partial charge in [0.1, 0.15) is 0 Å². The predicted octanol–water partition coefficient (Wildman–Crippen LogP) is 3.63. The Kier molecular flexibility index (Phi) is 3.20. The first-order valence-electron chi connectivity index (χ1n) is 7.97. The van der Waals surface area contributed by atoms with Gasteiger partial charge in [0.05, 0.1) is 11.9 Å². The van der Waals surface area contributed by atoms with Crippen LogP contribution in [0.5, 0.6) is 0 Å². The van der Waals surface area contributed by atoms with E-state index < -0.39 is 0 Å². The minimum Gasteiger partial charge on any atom is -0.359 e. The summed E-state index contributed by atoms with van der Waals surface area (Å²) in [5, 5.41) is 9.06. The molecule has 1 N–H and O–H groups in total. The van der Waals surface area contributed by atoms with Gasteiger partial charge < -0.3 is 5.32 Å². The Balaban J connectivity index is 1.50. The van der Waals surface area contributed by atoms with Gasteiger partial charge in [0.25, 0.3) is 0 Å². The Labute approximate surface area is 139 Å². The summed E-state index contributed by atoms with van der Waals surface area (Å²) in [7, 11) is 0. The molecule has 3 aromatic heterocycles. The molecule has 4 rings (SSSR count). The molecule has 0 amide bonds. The number of hydrogen-bond acceptors (Lipinski definition) is 5. The van der Waals surface area contributed by atoms with E-state index in [1.54, 1.807) is 11.3 Å². The van der Waals surface area contributed by atoms with Crippen LogP contribution in [-0.4, -0.2) is 26.1 Å². The zero-order valence-corrected chi connectivity index (χ0v) is 14.5. The standard InChI is InChI=1S/C17H21N5S/c1-16(2,3)13-10-22-15(20-13)23-14(21-22)19-11-17(6-7-17)12-4-8-18-9-5-12/h4-5,8-10H,6-7,11H2,1-3H3,(H,19,21). The molecule has 3 aromatic rings. The lowest BCUT2D eigenvalue weighted by molar-refractivity contribution is 0.572. The average molecular weight is 327 g/mol. The predicted molar refractivity (Wildman–Crippen MR) is 93.2 cm³/mol. The summed E-state index contributed by atoms with van der Waals surface area (Å²) in [6, 6.07) is 4.25. The number of nitrogens with zero attached hydrogens (tertiary/aromatic N) is 4. The van der Waals surface area contributed by atoms with Crippen LogP contribution in [0, 0.1) is 0 Å². The minimum atomic E-state index is 0.0560. The number of nitrogens with one attached hydrogen (secondary N) is 1. The molecule has 1 aliphatic rings. The summed E-state index contributed by atoms with van der Waals surface area (Å²) in [6.45, 7) is 7.43. The van der Waals surface area contributed by atoms with Crippen molar-refractivity contribution in [1.82, 2.24) is 19.6 Å². The van der Waals surface area contributed by atoms with Crippen LogP contribution in [0.25, 0.3) is 4.96 Å². The number of anilines is 1. The SMILES string of the molecule is CC(C)(C)c1cn2nc(NCC3(c4ccncc4)CC3)sc2n1. The monoisotopic (exact) mass is 327 g/mol. The van der Waals surface area contributed by atoms with Gasteiger partial charge in [0.15, 0.2) is 0 Å². The van der Waals surface area contributed by atoms with Crippen molar-refractivity contribution in [2.75, 3.05) is 11.9 Å². The molecule has 0 atom stereocenters. The first-order valence-corrected chi connectivity index (χ1v) is 8.79. The van der Waals surface area contributed by atoms with E-state index in [0.717, 1.165) is 22.3 Å². The molecule has 3 heterocycles. The Morgan fingerprint density at radius 2 is 2.00 bits per heavy atom. The lowest BCUT2D eigenvalue weighted by Gasteiger charge is -2.15. The van der Waals surface area contributed by atoms with Gasteiger partial charge in [0, 0.05) is 29.8 Å². The van der Waals surface area contributed by atoms with E-state index in [2.05, 4.69) is 48.3 Å². The van der Waals surface area contributed by atoms with Crippen molar-refractivity contribution in [3.63, 3.8) is 0 Å². The van der Waals surface area contributed by atoms with Crippen LogP contribution < -0.4 is 5.32 Å². The third kappa shape index (κ3) is 2.72. The number of imidazole rings is 1. The Bertz CT molecular complexity index is 792. The summed E-state index contributed by atoms with van der Waals surface area (Å²) < 4.78 is 1.89. The van der Waals surface area contributed by atoms with E-state index in [9.17, 15) is 0 Å². The van der Waals surface area contributed by atoms with Gasteiger partial charge in [0.2, 0.25) is 10.1 Å². The minimum absolute atomic E-state index is 0.0560. The van der Waals surface area contributed by atoms with Gasteiger partial charge in [-0.3, -0.25) is 4.98 Å². The molecular weight excluding hydrogens is 306 g/mol. The van der Waals surface area contributed by atoms with Crippen LogP contribution in [0.15, 0.2) is 30.7 Å². The smallest absolute Gasteiger partial charge is 0.214 e. The largest absolute Gasteiger partial charge is 0.359 e. The van der Waals surface area contributed by atoms with Crippen molar-refractivity contribution >= 4 is 21.4 Å². The van der Waals surface area contributed by atoms with Crippen LogP contribution >= 0.6 is 11.3 Å².